The van der Waals surface area contributed by atoms with Gasteiger partial charge in [-0.25, -0.2) is 9.97 Å². The third-order valence-corrected chi connectivity index (χ3v) is 8.99. The van der Waals surface area contributed by atoms with Crippen LogP contribution in [-0.4, -0.2) is 60.0 Å². The number of fused-ring (bicyclic) bond motifs is 1. The normalized spacial score (nSPS) is 18.2. The summed E-state index contributed by atoms with van der Waals surface area (Å²) in [6, 6.07) is 10.4. The highest BCUT2D eigenvalue weighted by atomic mass is 35.5. The first-order chi connectivity index (χ1) is 18.0. The van der Waals surface area contributed by atoms with E-state index in [0.29, 0.717) is 5.02 Å². The summed E-state index contributed by atoms with van der Waals surface area (Å²) in [5, 5.41) is 2.56. The number of piperidine rings is 1. The number of hydrogen-bond acceptors (Lipinski definition) is 7. The van der Waals surface area contributed by atoms with Crippen LogP contribution < -0.4 is 4.74 Å². The van der Waals surface area contributed by atoms with Crippen LogP contribution in [0.3, 0.4) is 0 Å². The number of hydrogen-bond donors (Lipinski definition) is 1. The molecule has 194 valence electrons. The molecule has 1 saturated heterocycles. The Labute approximate surface area is 225 Å². The molecular weight excluding hydrogens is 508 g/mol. The van der Waals surface area contributed by atoms with Crippen molar-refractivity contribution in [2.45, 2.75) is 43.8 Å². The molecule has 1 aliphatic carbocycles. The lowest BCUT2D eigenvalue weighted by Gasteiger charge is -2.39. The van der Waals surface area contributed by atoms with Crippen LogP contribution in [0.15, 0.2) is 42.7 Å². The summed E-state index contributed by atoms with van der Waals surface area (Å²) in [6.07, 6.45) is 9.05. The molecule has 2 aliphatic rings. The van der Waals surface area contributed by atoms with E-state index in [0.717, 1.165) is 88.7 Å². The van der Waals surface area contributed by atoms with Gasteiger partial charge in [-0.3, -0.25) is 0 Å². The number of rotatable bonds is 8. The molecule has 4 aromatic rings. The van der Waals surface area contributed by atoms with Gasteiger partial charge in [0.1, 0.15) is 34.9 Å². The van der Waals surface area contributed by atoms with Gasteiger partial charge < -0.3 is 24.1 Å². The molecule has 1 aliphatic heterocycles. The molecule has 2 fully saturated rings. The topological polar surface area (TPSA) is 72.5 Å². The van der Waals surface area contributed by atoms with Gasteiger partial charge in [0.15, 0.2) is 0 Å². The molecule has 0 atom stereocenters. The van der Waals surface area contributed by atoms with Crippen LogP contribution in [0.4, 0.5) is 0 Å². The van der Waals surface area contributed by atoms with Crippen LogP contribution >= 0.6 is 22.9 Å². The second kappa shape index (κ2) is 10.3. The van der Waals surface area contributed by atoms with E-state index in [-0.39, 0.29) is 18.5 Å². The number of ether oxygens (including phenoxy) is 3. The molecule has 4 heterocycles. The highest BCUT2D eigenvalue weighted by Gasteiger charge is 2.43. The smallest absolute Gasteiger partial charge is 0.147 e. The average molecular weight is 539 g/mol. The number of nitrogens with one attached hydrogen (secondary N) is 1. The Bertz CT molecular complexity index is 1370. The van der Waals surface area contributed by atoms with Crippen LogP contribution in [0.25, 0.3) is 32.7 Å². The Kier molecular flexibility index (Phi) is 6.94. The van der Waals surface area contributed by atoms with E-state index in [4.69, 9.17) is 30.8 Å². The molecule has 0 unspecified atom stereocenters. The maximum atomic E-state index is 6.70. The summed E-state index contributed by atoms with van der Waals surface area (Å²) >= 11 is 8.34. The number of H-pyrrole nitrogens is 1. The molecule has 0 amide bonds. The molecule has 6 rings (SSSR count). The Morgan fingerprint density at radius 2 is 1.92 bits per heavy atom. The van der Waals surface area contributed by atoms with Gasteiger partial charge in [-0.05, 0) is 75.0 Å². The first-order valence-electron chi connectivity index (χ1n) is 12.8. The predicted molar refractivity (Wildman–Crippen MR) is 147 cm³/mol. The van der Waals surface area contributed by atoms with Crippen LogP contribution in [0.5, 0.6) is 5.75 Å². The lowest BCUT2D eigenvalue weighted by molar-refractivity contribution is -0.171. The van der Waals surface area contributed by atoms with Gasteiger partial charge in [0.2, 0.25) is 0 Å². The van der Waals surface area contributed by atoms with Gasteiger partial charge in [0.05, 0.1) is 9.90 Å². The van der Waals surface area contributed by atoms with Crippen molar-refractivity contribution in [3.05, 3.63) is 52.8 Å². The minimum Gasteiger partial charge on any atom is -0.490 e. The van der Waals surface area contributed by atoms with Crippen molar-refractivity contribution < 1.29 is 14.2 Å². The van der Waals surface area contributed by atoms with Gasteiger partial charge in [0, 0.05) is 49.2 Å². The zero-order valence-corrected chi connectivity index (χ0v) is 22.7. The summed E-state index contributed by atoms with van der Waals surface area (Å²) in [7, 11) is 3.81. The Hall–Kier alpha value is -2.49. The van der Waals surface area contributed by atoms with Gasteiger partial charge in [-0.1, -0.05) is 11.6 Å². The number of aromatic amines is 1. The number of thiazole rings is 1. The van der Waals surface area contributed by atoms with Gasteiger partial charge in [0.25, 0.3) is 0 Å². The molecule has 0 radical (unpaired) electrons. The van der Waals surface area contributed by atoms with Crippen LogP contribution in [0.1, 0.15) is 37.1 Å². The first kappa shape index (κ1) is 24.8. The number of methoxy groups -OCH3 is 1. The molecule has 7 nitrogen and oxygen atoms in total. The molecular formula is C28H31ClN4O3S. The van der Waals surface area contributed by atoms with Crippen molar-refractivity contribution >= 4 is 34.0 Å². The second-order valence-electron chi connectivity index (χ2n) is 10.00. The van der Waals surface area contributed by atoms with Gasteiger partial charge >= 0.3 is 0 Å². The van der Waals surface area contributed by atoms with Gasteiger partial charge in [-0.2, -0.15) is 0 Å². The van der Waals surface area contributed by atoms with Crippen molar-refractivity contribution in [1.29, 1.82) is 0 Å². The first-order valence-corrected chi connectivity index (χ1v) is 14.0. The standard InChI is InChI=1S/C28H31ClN4O3S/c1-33-12-8-20(9-13-33)36-19-6-4-18(5-7-19)23-14-21-25(22(29)15-30-26(21)32-23)24-16-31-27(37-24)28(10-3-11-28)35-17-34-2/h4-7,14-16,20H,3,8-13,17H2,1-2H3,(H,30,32). The van der Waals surface area contributed by atoms with Crippen LogP contribution in [-0.2, 0) is 15.1 Å². The maximum absolute atomic E-state index is 6.70. The third kappa shape index (κ3) is 4.89. The summed E-state index contributed by atoms with van der Waals surface area (Å²) in [5.41, 5.74) is 3.45. The van der Waals surface area contributed by atoms with Crippen molar-refractivity contribution in [2.75, 3.05) is 34.0 Å². The van der Waals surface area contributed by atoms with E-state index in [9.17, 15) is 0 Å². The van der Waals surface area contributed by atoms with E-state index in [1.54, 1.807) is 24.6 Å². The van der Waals surface area contributed by atoms with E-state index >= 15 is 0 Å². The second-order valence-corrected chi connectivity index (χ2v) is 11.4. The Balaban J connectivity index is 1.26. The number of benzene rings is 1. The van der Waals surface area contributed by atoms with Crippen LogP contribution in [0, 0.1) is 0 Å². The van der Waals surface area contributed by atoms with Gasteiger partial charge in [-0.15, -0.1) is 11.3 Å². The molecule has 3 aromatic heterocycles. The van der Waals surface area contributed by atoms with Crippen molar-refractivity contribution in [1.82, 2.24) is 19.9 Å². The van der Waals surface area contributed by atoms with Crippen molar-refractivity contribution in [2.24, 2.45) is 0 Å². The fourth-order valence-corrected chi connectivity index (χ4v) is 6.65. The molecule has 1 aromatic carbocycles. The van der Waals surface area contributed by atoms with E-state index < -0.39 is 0 Å². The fourth-order valence-electron chi connectivity index (χ4n) is 5.15. The SMILES string of the molecule is COCOC1(c2ncc(-c3c(Cl)cnc4[nH]c(-c5ccc(OC6CCN(C)CC6)cc5)cc34)s2)CCC1. The summed E-state index contributed by atoms with van der Waals surface area (Å²) in [6.45, 7) is 2.43. The number of halogens is 1. The molecule has 37 heavy (non-hydrogen) atoms. The van der Waals surface area contributed by atoms with Crippen molar-refractivity contribution in [3.63, 3.8) is 0 Å². The number of likely N-dealkylation sites (tertiary alicyclic amines) is 1. The molecule has 0 spiro atoms. The number of nitrogens with zero attached hydrogens (tertiary/aromatic N) is 3. The van der Waals surface area contributed by atoms with E-state index in [1.807, 2.05) is 18.3 Å². The van der Waals surface area contributed by atoms with Crippen molar-refractivity contribution in [3.8, 4) is 27.4 Å². The predicted octanol–water partition coefficient (Wildman–Crippen LogP) is 6.48. The molecule has 1 N–H and O–H groups in total. The molecule has 1 saturated carbocycles. The fraction of sp³-hybridized carbons (Fsp3) is 0.429. The quantitative estimate of drug-likeness (QED) is 0.259. The Morgan fingerprint density at radius 3 is 2.62 bits per heavy atom. The highest BCUT2D eigenvalue weighted by Crippen LogP contribution is 2.48. The highest BCUT2D eigenvalue weighted by molar-refractivity contribution is 7.15. The average Bonchev–Trinajstić information content (AvgIpc) is 3.53. The van der Waals surface area contributed by atoms with E-state index in [1.165, 1.54) is 0 Å². The lowest BCUT2D eigenvalue weighted by atomic mass is 9.80. The van der Waals surface area contributed by atoms with Crippen LogP contribution in [0.2, 0.25) is 5.02 Å². The summed E-state index contributed by atoms with van der Waals surface area (Å²) in [4.78, 5) is 16.1. The van der Waals surface area contributed by atoms with E-state index in [2.05, 4.69) is 40.1 Å². The maximum Gasteiger partial charge on any atom is 0.147 e. The number of pyridine rings is 1. The summed E-state index contributed by atoms with van der Waals surface area (Å²) < 4.78 is 17.4. The lowest BCUT2D eigenvalue weighted by Crippen LogP contribution is -2.37. The molecule has 9 heteroatoms. The third-order valence-electron chi connectivity index (χ3n) is 7.50. The largest absolute Gasteiger partial charge is 0.490 e. The molecule has 0 bridgehead atoms. The number of aromatic nitrogens is 3. The zero-order valence-electron chi connectivity index (χ0n) is 21.1. The minimum absolute atomic E-state index is 0.262. The Morgan fingerprint density at radius 1 is 1.14 bits per heavy atom. The monoisotopic (exact) mass is 538 g/mol. The minimum atomic E-state index is -0.349. The zero-order chi connectivity index (χ0) is 25.4. The summed E-state index contributed by atoms with van der Waals surface area (Å²) in [5.74, 6) is 0.911.